The Kier molecular flexibility index (Phi) is 5.05. The van der Waals surface area contributed by atoms with Gasteiger partial charge in [0.05, 0.1) is 24.7 Å². The molecule has 1 fully saturated rings. The van der Waals surface area contributed by atoms with E-state index in [1.807, 2.05) is 25.1 Å². The molecule has 1 atom stereocenters. The van der Waals surface area contributed by atoms with Crippen molar-refractivity contribution in [1.82, 2.24) is 14.4 Å². The van der Waals surface area contributed by atoms with Crippen LogP contribution in [0.2, 0.25) is 0 Å². The van der Waals surface area contributed by atoms with Gasteiger partial charge >= 0.3 is 0 Å². The van der Waals surface area contributed by atoms with Crippen LogP contribution in [0.4, 0.5) is 0 Å². The van der Waals surface area contributed by atoms with Gasteiger partial charge in [-0.05, 0) is 26.0 Å². The second-order valence-corrected chi connectivity index (χ2v) is 8.29. The number of rotatable bonds is 5. The van der Waals surface area contributed by atoms with Crippen molar-refractivity contribution in [3.8, 4) is 5.75 Å². The third-order valence-electron chi connectivity index (χ3n) is 4.64. The maximum Gasteiger partial charge on any atom is 0.247 e. The highest BCUT2D eigenvalue weighted by Crippen LogP contribution is 2.36. The van der Waals surface area contributed by atoms with Gasteiger partial charge < -0.3 is 14.0 Å². The van der Waals surface area contributed by atoms with Gasteiger partial charge in [0, 0.05) is 17.3 Å². The maximum atomic E-state index is 13.6. The first-order chi connectivity index (χ1) is 13.5. The van der Waals surface area contributed by atoms with Gasteiger partial charge in [0.1, 0.15) is 11.8 Å². The van der Waals surface area contributed by atoms with Crippen molar-refractivity contribution in [2.24, 2.45) is 0 Å². The van der Waals surface area contributed by atoms with Gasteiger partial charge in [-0.15, -0.1) is 0 Å². The molecule has 8 nitrogen and oxygen atoms in total. The number of aromatic nitrogens is 2. The van der Waals surface area contributed by atoms with E-state index < -0.39 is 16.1 Å². The number of sulfonamides is 1. The molecule has 4 rings (SSSR count). The number of aryl methyl sites for hydroxylation is 1. The SMILES string of the molecule is CCOc1ccc(S(=O)(=O)N2CCOC[C@H]2c2nc(C)no2)c2ccccc12. The fourth-order valence-electron chi connectivity index (χ4n) is 3.40. The van der Waals surface area contributed by atoms with E-state index in [0.29, 0.717) is 30.2 Å². The third-order valence-corrected chi connectivity index (χ3v) is 6.60. The average Bonchev–Trinajstić information content (AvgIpc) is 3.14. The molecule has 3 aromatic rings. The summed E-state index contributed by atoms with van der Waals surface area (Å²) in [7, 11) is -3.84. The molecule has 2 heterocycles. The smallest absolute Gasteiger partial charge is 0.247 e. The molecule has 0 radical (unpaired) electrons. The summed E-state index contributed by atoms with van der Waals surface area (Å²) in [5.41, 5.74) is 0. The fourth-order valence-corrected chi connectivity index (χ4v) is 5.14. The summed E-state index contributed by atoms with van der Waals surface area (Å²) < 4.78 is 45.0. The number of fused-ring (bicyclic) bond motifs is 1. The quantitative estimate of drug-likeness (QED) is 0.646. The highest BCUT2D eigenvalue weighted by Gasteiger charge is 2.39. The first-order valence-corrected chi connectivity index (χ1v) is 10.5. The van der Waals surface area contributed by atoms with Gasteiger partial charge in [-0.3, -0.25) is 0 Å². The lowest BCUT2D eigenvalue weighted by Crippen LogP contribution is -2.43. The summed E-state index contributed by atoms with van der Waals surface area (Å²) in [4.78, 5) is 4.43. The summed E-state index contributed by atoms with van der Waals surface area (Å²) in [6.07, 6.45) is 0. The Morgan fingerprint density at radius 3 is 2.71 bits per heavy atom. The van der Waals surface area contributed by atoms with Crippen molar-refractivity contribution in [1.29, 1.82) is 0 Å². The minimum Gasteiger partial charge on any atom is -0.493 e. The number of morpholine rings is 1. The summed E-state index contributed by atoms with van der Waals surface area (Å²) in [6.45, 7) is 4.75. The van der Waals surface area contributed by atoms with E-state index in [1.165, 1.54) is 4.31 Å². The van der Waals surface area contributed by atoms with Crippen LogP contribution in [0.1, 0.15) is 24.7 Å². The molecule has 0 spiro atoms. The van der Waals surface area contributed by atoms with Crippen molar-refractivity contribution in [3.05, 3.63) is 48.1 Å². The summed E-state index contributed by atoms with van der Waals surface area (Å²) in [6, 6.07) is 9.95. The average molecular weight is 403 g/mol. The first-order valence-electron chi connectivity index (χ1n) is 9.06. The topological polar surface area (TPSA) is 94.8 Å². The molecule has 9 heteroatoms. The van der Waals surface area contributed by atoms with Crippen LogP contribution in [0.25, 0.3) is 10.8 Å². The molecular weight excluding hydrogens is 382 g/mol. The van der Waals surface area contributed by atoms with E-state index in [4.69, 9.17) is 14.0 Å². The van der Waals surface area contributed by atoms with E-state index in [-0.39, 0.29) is 23.9 Å². The van der Waals surface area contributed by atoms with Crippen LogP contribution < -0.4 is 4.74 Å². The molecule has 148 valence electrons. The molecule has 1 aliphatic heterocycles. The van der Waals surface area contributed by atoms with E-state index >= 15 is 0 Å². The van der Waals surface area contributed by atoms with Crippen molar-refractivity contribution in [2.75, 3.05) is 26.4 Å². The Morgan fingerprint density at radius 2 is 2.00 bits per heavy atom. The standard InChI is InChI=1S/C19H21N3O5S/c1-3-26-17-8-9-18(15-7-5-4-6-14(15)17)28(23,24)22-10-11-25-12-16(22)19-20-13(2)21-27-19/h4-9,16H,3,10-12H2,1-2H3/t16-/m0/s1. The number of ether oxygens (including phenoxy) is 2. The lowest BCUT2D eigenvalue weighted by atomic mass is 10.1. The summed E-state index contributed by atoms with van der Waals surface area (Å²) in [5.74, 6) is 1.34. The highest BCUT2D eigenvalue weighted by atomic mass is 32.2. The third kappa shape index (κ3) is 3.25. The first kappa shape index (κ1) is 18.9. The van der Waals surface area contributed by atoms with Crippen molar-refractivity contribution >= 4 is 20.8 Å². The van der Waals surface area contributed by atoms with Crippen LogP contribution in [0.15, 0.2) is 45.8 Å². The molecule has 0 bridgehead atoms. The van der Waals surface area contributed by atoms with Crippen molar-refractivity contribution in [3.63, 3.8) is 0 Å². The van der Waals surface area contributed by atoms with Crippen LogP contribution in [0, 0.1) is 6.92 Å². The Balaban J connectivity index is 1.82. The molecule has 1 saturated heterocycles. The molecule has 0 unspecified atom stereocenters. The lowest BCUT2D eigenvalue weighted by molar-refractivity contribution is 0.0203. The molecule has 0 saturated carbocycles. The predicted octanol–water partition coefficient (Wildman–Crippen LogP) is 2.69. The molecule has 28 heavy (non-hydrogen) atoms. The maximum absolute atomic E-state index is 13.6. The molecular formula is C19H21N3O5S. The fraction of sp³-hybridized carbons (Fsp3) is 0.368. The number of hydrogen-bond acceptors (Lipinski definition) is 7. The van der Waals surface area contributed by atoms with Gasteiger partial charge in [0.15, 0.2) is 5.82 Å². The second-order valence-electron chi connectivity index (χ2n) is 6.43. The molecule has 0 aliphatic carbocycles. The van der Waals surface area contributed by atoms with Crippen LogP contribution in [0.5, 0.6) is 5.75 Å². The van der Waals surface area contributed by atoms with Gasteiger partial charge in [0.25, 0.3) is 0 Å². The zero-order valence-corrected chi connectivity index (χ0v) is 16.5. The monoisotopic (exact) mass is 403 g/mol. The second kappa shape index (κ2) is 7.50. The Bertz CT molecular complexity index is 1100. The highest BCUT2D eigenvalue weighted by molar-refractivity contribution is 7.89. The van der Waals surface area contributed by atoms with E-state index in [9.17, 15) is 8.42 Å². The minimum absolute atomic E-state index is 0.163. The Morgan fingerprint density at radius 1 is 1.21 bits per heavy atom. The summed E-state index contributed by atoms with van der Waals surface area (Å²) in [5, 5.41) is 5.15. The summed E-state index contributed by atoms with van der Waals surface area (Å²) >= 11 is 0. The Hall–Kier alpha value is -2.49. The predicted molar refractivity (Wildman–Crippen MR) is 102 cm³/mol. The molecule has 0 amide bonds. The van der Waals surface area contributed by atoms with Crippen molar-refractivity contribution in [2.45, 2.75) is 24.8 Å². The van der Waals surface area contributed by atoms with Gasteiger partial charge in [-0.1, -0.05) is 29.4 Å². The number of nitrogens with zero attached hydrogens (tertiary/aromatic N) is 3. The van der Waals surface area contributed by atoms with E-state index in [1.54, 1.807) is 25.1 Å². The van der Waals surface area contributed by atoms with Gasteiger partial charge in [-0.25, -0.2) is 8.42 Å². The normalized spacial score (nSPS) is 18.4. The number of hydrogen-bond donors (Lipinski definition) is 0. The van der Waals surface area contributed by atoms with Crippen LogP contribution in [0.3, 0.4) is 0 Å². The van der Waals surface area contributed by atoms with Gasteiger partial charge in [0.2, 0.25) is 15.9 Å². The zero-order valence-electron chi connectivity index (χ0n) is 15.7. The number of benzene rings is 2. The molecule has 1 aromatic heterocycles. The van der Waals surface area contributed by atoms with Crippen LogP contribution in [-0.2, 0) is 14.8 Å². The zero-order chi connectivity index (χ0) is 19.7. The Labute approximate surface area is 163 Å². The van der Waals surface area contributed by atoms with Gasteiger partial charge in [-0.2, -0.15) is 9.29 Å². The van der Waals surface area contributed by atoms with Crippen LogP contribution in [-0.4, -0.2) is 49.2 Å². The molecule has 2 aromatic carbocycles. The lowest BCUT2D eigenvalue weighted by Gasteiger charge is -2.32. The molecule has 0 N–H and O–H groups in total. The van der Waals surface area contributed by atoms with Crippen molar-refractivity contribution < 1.29 is 22.4 Å². The largest absolute Gasteiger partial charge is 0.493 e. The van der Waals surface area contributed by atoms with E-state index in [2.05, 4.69) is 10.1 Å². The minimum atomic E-state index is -3.84. The van der Waals surface area contributed by atoms with E-state index in [0.717, 1.165) is 5.39 Å². The molecule has 1 aliphatic rings. The van der Waals surface area contributed by atoms with Crippen LogP contribution >= 0.6 is 0 Å².